The molecule has 2 aliphatic heterocycles. The van der Waals surface area contributed by atoms with Crippen molar-refractivity contribution in [2.45, 2.75) is 38.1 Å². The molecule has 5 heteroatoms. The van der Waals surface area contributed by atoms with E-state index in [2.05, 4.69) is 6.58 Å². The van der Waals surface area contributed by atoms with Crippen LogP contribution in [0.5, 0.6) is 0 Å². The zero-order chi connectivity index (χ0) is 14.5. The van der Waals surface area contributed by atoms with Crippen LogP contribution in [0.25, 0.3) is 0 Å². The lowest BCUT2D eigenvalue weighted by Crippen LogP contribution is -2.45. The highest BCUT2D eigenvalue weighted by Gasteiger charge is 2.34. The molecule has 2 fully saturated rings. The standard InChI is InChI=1S/C15H24N2O3/c1-2-14(19)16-9-5-12(6-10-16)15(20)17-8-3-4-13(17)7-11-18/h2,12-13,18H,1,3-11H2. The highest BCUT2D eigenvalue weighted by molar-refractivity contribution is 5.87. The second kappa shape index (κ2) is 6.88. The Balaban J connectivity index is 1.88. The summed E-state index contributed by atoms with van der Waals surface area (Å²) in [6.45, 7) is 5.73. The third kappa shape index (κ3) is 3.20. The van der Waals surface area contributed by atoms with E-state index in [-0.39, 0.29) is 30.4 Å². The Morgan fingerprint density at radius 3 is 2.50 bits per heavy atom. The van der Waals surface area contributed by atoms with Crippen molar-refractivity contribution in [2.75, 3.05) is 26.2 Å². The average Bonchev–Trinajstić information content (AvgIpc) is 2.94. The van der Waals surface area contributed by atoms with Crippen molar-refractivity contribution in [1.82, 2.24) is 9.80 Å². The molecule has 0 spiro atoms. The molecule has 1 atom stereocenters. The molecular weight excluding hydrogens is 256 g/mol. The predicted molar refractivity (Wildman–Crippen MR) is 75.9 cm³/mol. The lowest BCUT2D eigenvalue weighted by atomic mass is 9.94. The molecule has 2 saturated heterocycles. The molecule has 0 aromatic rings. The Morgan fingerprint density at radius 1 is 1.20 bits per heavy atom. The van der Waals surface area contributed by atoms with Gasteiger partial charge in [0, 0.05) is 38.2 Å². The van der Waals surface area contributed by atoms with Gasteiger partial charge >= 0.3 is 0 Å². The third-order valence-electron chi connectivity index (χ3n) is 4.45. The van der Waals surface area contributed by atoms with Gasteiger partial charge in [0.15, 0.2) is 0 Å². The minimum atomic E-state index is -0.0461. The van der Waals surface area contributed by atoms with Crippen molar-refractivity contribution in [3.05, 3.63) is 12.7 Å². The SMILES string of the molecule is C=CC(=O)N1CCC(C(=O)N2CCCC2CCO)CC1. The van der Waals surface area contributed by atoms with Gasteiger partial charge in [-0.2, -0.15) is 0 Å². The summed E-state index contributed by atoms with van der Waals surface area (Å²) in [5.41, 5.74) is 0. The first-order valence-electron chi connectivity index (χ1n) is 7.50. The summed E-state index contributed by atoms with van der Waals surface area (Å²) in [6, 6.07) is 0.209. The number of carbonyl (C=O) groups excluding carboxylic acids is 2. The van der Waals surface area contributed by atoms with Gasteiger partial charge in [-0.15, -0.1) is 0 Å². The number of aliphatic hydroxyl groups is 1. The van der Waals surface area contributed by atoms with Gasteiger partial charge in [-0.3, -0.25) is 9.59 Å². The van der Waals surface area contributed by atoms with Crippen molar-refractivity contribution in [3.63, 3.8) is 0 Å². The highest BCUT2D eigenvalue weighted by atomic mass is 16.3. The third-order valence-corrected chi connectivity index (χ3v) is 4.45. The molecule has 1 unspecified atom stereocenters. The van der Waals surface area contributed by atoms with Gasteiger partial charge in [0.25, 0.3) is 0 Å². The summed E-state index contributed by atoms with van der Waals surface area (Å²) in [5, 5.41) is 9.07. The number of amides is 2. The van der Waals surface area contributed by atoms with Gasteiger partial charge < -0.3 is 14.9 Å². The Hall–Kier alpha value is -1.36. The summed E-state index contributed by atoms with van der Waals surface area (Å²) < 4.78 is 0. The molecule has 2 aliphatic rings. The topological polar surface area (TPSA) is 60.9 Å². The molecule has 0 saturated carbocycles. The largest absolute Gasteiger partial charge is 0.396 e. The normalized spacial score (nSPS) is 23.9. The maximum Gasteiger partial charge on any atom is 0.245 e. The lowest BCUT2D eigenvalue weighted by Gasteiger charge is -2.34. The quantitative estimate of drug-likeness (QED) is 0.774. The van der Waals surface area contributed by atoms with Gasteiger partial charge in [0.05, 0.1) is 0 Å². The van der Waals surface area contributed by atoms with Crippen LogP contribution < -0.4 is 0 Å². The van der Waals surface area contributed by atoms with Crippen LogP contribution >= 0.6 is 0 Å². The fourth-order valence-corrected chi connectivity index (χ4v) is 3.29. The maximum absolute atomic E-state index is 12.6. The van der Waals surface area contributed by atoms with Crippen molar-refractivity contribution in [3.8, 4) is 0 Å². The zero-order valence-electron chi connectivity index (χ0n) is 12.0. The van der Waals surface area contributed by atoms with Gasteiger partial charge in [-0.1, -0.05) is 6.58 Å². The van der Waals surface area contributed by atoms with Crippen molar-refractivity contribution in [2.24, 2.45) is 5.92 Å². The number of carbonyl (C=O) groups is 2. The second-order valence-corrected chi connectivity index (χ2v) is 5.64. The predicted octanol–water partition coefficient (Wildman–Crippen LogP) is 0.784. The molecule has 5 nitrogen and oxygen atoms in total. The van der Waals surface area contributed by atoms with E-state index in [1.807, 2.05) is 4.90 Å². The van der Waals surface area contributed by atoms with Crippen LogP contribution in [-0.4, -0.2) is 59.0 Å². The monoisotopic (exact) mass is 280 g/mol. The number of likely N-dealkylation sites (tertiary alicyclic amines) is 2. The Kier molecular flexibility index (Phi) is 5.17. The van der Waals surface area contributed by atoms with E-state index in [0.29, 0.717) is 19.5 Å². The van der Waals surface area contributed by atoms with E-state index >= 15 is 0 Å². The second-order valence-electron chi connectivity index (χ2n) is 5.64. The van der Waals surface area contributed by atoms with Gasteiger partial charge in [0.2, 0.25) is 11.8 Å². The summed E-state index contributed by atoms with van der Waals surface area (Å²) in [6.07, 6.45) is 5.52. The molecule has 112 valence electrons. The first-order chi connectivity index (χ1) is 9.67. The molecule has 1 N–H and O–H groups in total. The van der Waals surface area contributed by atoms with Crippen molar-refractivity contribution >= 4 is 11.8 Å². The summed E-state index contributed by atoms with van der Waals surface area (Å²) >= 11 is 0. The van der Waals surface area contributed by atoms with Crippen LogP contribution in [0.1, 0.15) is 32.1 Å². The van der Waals surface area contributed by atoms with E-state index in [9.17, 15) is 9.59 Å². The minimum absolute atomic E-state index is 0.0307. The van der Waals surface area contributed by atoms with E-state index in [0.717, 1.165) is 32.2 Å². The molecule has 0 aromatic carbocycles. The minimum Gasteiger partial charge on any atom is -0.396 e. The Morgan fingerprint density at radius 2 is 1.90 bits per heavy atom. The fourth-order valence-electron chi connectivity index (χ4n) is 3.29. The average molecular weight is 280 g/mol. The highest BCUT2D eigenvalue weighted by Crippen LogP contribution is 2.26. The Labute approximate surface area is 120 Å². The lowest BCUT2D eigenvalue weighted by molar-refractivity contribution is -0.140. The zero-order valence-corrected chi connectivity index (χ0v) is 12.0. The molecule has 0 aromatic heterocycles. The number of hydrogen-bond acceptors (Lipinski definition) is 3. The fraction of sp³-hybridized carbons (Fsp3) is 0.733. The summed E-state index contributed by atoms with van der Waals surface area (Å²) in [7, 11) is 0. The number of hydrogen-bond donors (Lipinski definition) is 1. The number of aliphatic hydroxyl groups excluding tert-OH is 1. The van der Waals surface area contributed by atoms with Gasteiger partial charge in [-0.25, -0.2) is 0 Å². The molecule has 20 heavy (non-hydrogen) atoms. The number of rotatable bonds is 4. The molecule has 2 rings (SSSR count). The summed E-state index contributed by atoms with van der Waals surface area (Å²) in [5.74, 6) is 0.199. The maximum atomic E-state index is 12.6. The van der Waals surface area contributed by atoms with Crippen LogP contribution in [0.15, 0.2) is 12.7 Å². The van der Waals surface area contributed by atoms with Gasteiger partial charge in [0.1, 0.15) is 0 Å². The first-order valence-corrected chi connectivity index (χ1v) is 7.50. The van der Waals surface area contributed by atoms with Crippen LogP contribution in [0, 0.1) is 5.92 Å². The molecule has 0 radical (unpaired) electrons. The molecule has 0 aliphatic carbocycles. The van der Waals surface area contributed by atoms with Crippen LogP contribution in [0.3, 0.4) is 0 Å². The molecule has 2 amide bonds. The van der Waals surface area contributed by atoms with E-state index < -0.39 is 0 Å². The van der Waals surface area contributed by atoms with Crippen molar-refractivity contribution < 1.29 is 14.7 Å². The number of nitrogens with zero attached hydrogens (tertiary/aromatic N) is 2. The van der Waals surface area contributed by atoms with Crippen molar-refractivity contribution in [1.29, 1.82) is 0 Å². The molecule has 0 bridgehead atoms. The number of piperidine rings is 1. The van der Waals surface area contributed by atoms with E-state index in [4.69, 9.17) is 5.11 Å². The molecule has 2 heterocycles. The Bertz CT molecular complexity index is 375. The van der Waals surface area contributed by atoms with E-state index in [1.165, 1.54) is 6.08 Å². The van der Waals surface area contributed by atoms with Gasteiger partial charge in [-0.05, 0) is 38.2 Å². The first kappa shape index (κ1) is 15.0. The smallest absolute Gasteiger partial charge is 0.245 e. The van der Waals surface area contributed by atoms with Crippen LogP contribution in [-0.2, 0) is 9.59 Å². The van der Waals surface area contributed by atoms with Crippen LogP contribution in [0.4, 0.5) is 0 Å². The summed E-state index contributed by atoms with van der Waals surface area (Å²) in [4.78, 5) is 27.8. The van der Waals surface area contributed by atoms with E-state index in [1.54, 1.807) is 4.90 Å². The van der Waals surface area contributed by atoms with Crippen LogP contribution in [0.2, 0.25) is 0 Å². The molecular formula is C15H24N2O3.